The molecule has 1 amide bonds. The predicted molar refractivity (Wildman–Crippen MR) is 110 cm³/mol. The maximum atomic E-state index is 13.8. The second kappa shape index (κ2) is 6.93. The zero-order valence-electron chi connectivity index (χ0n) is 15.6. The number of fused-ring (bicyclic) bond motifs is 2. The summed E-state index contributed by atoms with van der Waals surface area (Å²) < 4.78 is 15.6. The summed E-state index contributed by atoms with van der Waals surface area (Å²) in [7, 11) is 0. The second-order valence-electron chi connectivity index (χ2n) is 6.97. The number of para-hydroxylation sites is 1. The normalized spacial score (nSPS) is 11.1. The van der Waals surface area contributed by atoms with Gasteiger partial charge in [0, 0.05) is 16.5 Å². The number of carbonyl (C=O) groups is 1. The summed E-state index contributed by atoms with van der Waals surface area (Å²) in [5, 5.41) is 3.88. The van der Waals surface area contributed by atoms with Crippen molar-refractivity contribution in [1.82, 2.24) is 4.57 Å². The lowest BCUT2D eigenvalue weighted by Gasteiger charge is -2.15. The van der Waals surface area contributed by atoms with Crippen molar-refractivity contribution in [3.8, 4) is 0 Å². The van der Waals surface area contributed by atoms with Crippen molar-refractivity contribution >= 4 is 33.4 Å². The third-order valence-corrected chi connectivity index (χ3v) is 4.88. The Morgan fingerprint density at radius 2 is 1.71 bits per heavy atom. The van der Waals surface area contributed by atoms with Crippen LogP contribution in [0, 0.1) is 19.7 Å². The lowest BCUT2D eigenvalue weighted by atomic mass is 10.1. The second-order valence-corrected chi connectivity index (χ2v) is 6.97. The molecule has 0 bridgehead atoms. The highest BCUT2D eigenvalue weighted by molar-refractivity contribution is 5.97. The van der Waals surface area contributed by atoms with Crippen LogP contribution in [-0.4, -0.2) is 10.5 Å². The van der Waals surface area contributed by atoms with Gasteiger partial charge in [-0.3, -0.25) is 9.59 Å². The Bertz CT molecular complexity index is 1290. The van der Waals surface area contributed by atoms with E-state index in [1.165, 1.54) is 6.07 Å². The SMILES string of the molecule is Cc1ccc2c(c1)c(=O)c1ccccc1n2CC(=O)Nc1ccc(C)c(F)c1. The van der Waals surface area contributed by atoms with Crippen LogP contribution in [0.1, 0.15) is 11.1 Å². The number of carbonyl (C=O) groups excluding carboxylic acids is 1. The highest BCUT2D eigenvalue weighted by atomic mass is 19.1. The van der Waals surface area contributed by atoms with Crippen molar-refractivity contribution in [2.45, 2.75) is 20.4 Å². The molecule has 4 rings (SSSR count). The minimum atomic E-state index is -0.368. The van der Waals surface area contributed by atoms with E-state index in [0.717, 1.165) is 5.56 Å². The number of nitrogens with one attached hydrogen (secondary N) is 1. The van der Waals surface area contributed by atoms with Crippen molar-refractivity contribution < 1.29 is 9.18 Å². The van der Waals surface area contributed by atoms with Crippen molar-refractivity contribution in [2.75, 3.05) is 5.32 Å². The summed E-state index contributed by atoms with van der Waals surface area (Å²) >= 11 is 0. The summed E-state index contributed by atoms with van der Waals surface area (Å²) in [6.07, 6.45) is 0. The fourth-order valence-electron chi connectivity index (χ4n) is 3.43. The molecule has 1 heterocycles. The number of hydrogen-bond donors (Lipinski definition) is 1. The van der Waals surface area contributed by atoms with Crippen LogP contribution in [0.25, 0.3) is 21.8 Å². The van der Waals surface area contributed by atoms with Crippen molar-refractivity contribution in [3.63, 3.8) is 0 Å². The van der Waals surface area contributed by atoms with Crippen LogP contribution in [0.3, 0.4) is 0 Å². The Kier molecular flexibility index (Phi) is 4.43. The molecule has 0 spiro atoms. The topological polar surface area (TPSA) is 51.1 Å². The van der Waals surface area contributed by atoms with Gasteiger partial charge in [-0.1, -0.05) is 29.8 Å². The van der Waals surface area contributed by atoms with Gasteiger partial charge in [-0.05, 0) is 55.8 Å². The zero-order valence-corrected chi connectivity index (χ0v) is 15.6. The standard InChI is InChI=1S/C23H19FN2O2/c1-14-7-10-21-18(11-14)23(28)17-5-3-4-6-20(17)26(21)13-22(27)25-16-9-8-15(2)19(24)12-16/h3-12H,13H2,1-2H3,(H,25,27). The average Bonchev–Trinajstić information content (AvgIpc) is 2.68. The first-order valence-electron chi connectivity index (χ1n) is 9.02. The number of amides is 1. The molecule has 0 radical (unpaired) electrons. The van der Waals surface area contributed by atoms with Crippen LogP contribution in [0.15, 0.2) is 65.5 Å². The monoisotopic (exact) mass is 374 g/mol. The number of benzene rings is 3. The van der Waals surface area contributed by atoms with E-state index in [4.69, 9.17) is 0 Å². The first-order chi connectivity index (χ1) is 13.4. The van der Waals surface area contributed by atoms with Crippen LogP contribution in [-0.2, 0) is 11.3 Å². The summed E-state index contributed by atoms with van der Waals surface area (Å²) in [5.74, 6) is -0.661. The molecule has 0 unspecified atom stereocenters. The number of halogens is 1. The molecule has 0 aliphatic heterocycles. The van der Waals surface area contributed by atoms with E-state index in [1.54, 1.807) is 25.1 Å². The lowest BCUT2D eigenvalue weighted by Crippen LogP contribution is -2.21. The van der Waals surface area contributed by atoms with E-state index in [1.807, 2.05) is 47.9 Å². The minimum absolute atomic E-state index is 0.00977. The first kappa shape index (κ1) is 17.9. The maximum Gasteiger partial charge on any atom is 0.244 e. The van der Waals surface area contributed by atoms with E-state index in [0.29, 0.717) is 33.1 Å². The smallest absolute Gasteiger partial charge is 0.244 e. The summed E-state index contributed by atoms with van der Waals surface area (Å²) in [5.41, 5.74) is 3.23. The van der Waals surface area contributed by atoms with Gasteiger partial charge in [-0.25, -0.2) is 4.39 Å². The molecule has 0 aliphatic carbocycles. The van der Waals surface area contributed by atoms with Gasteiger partial charge in [0.1, 0.15) is 12.4 Å². The third-order valence-electron chi connectivity index (χ3n) is 4.88. The van der Waals surface area contributed by atoms with E-state index < -0.39 is 0 Å². The molecular weight excluding hydrogens is 355 g/mol. The van der Waals surface area contributed by atoms with Gasteiger partial charge in [0.15, 0.2) is 5.43 Å². The van der Waals surface area contributed by atoms with E-state index in [-0.39, 0.29) is 23.7 Å². The number of pyridine rings is 1. The van der Waals surface area contributed by atoms with Crippen molar-refractivity contribution in [1.29, 1.82) is 0 Å². The van der Waals surface area contributed by atoms with Crippen LogP contribution >= 0.6 is 0 Å². The summed E-state index contributed by atoms with van der Waals surface area (Å²) in [6.45, 7) is 3.61. The molecule has 3 aromatic carbocycles. The number of hydrogen-bond acceptors (Lipinski definition) is 2. The van der Waals surface area contributed by atoms with Gasteiger partial charge in [-0.15, -0.1) is 0 Å². The minimum Gasteiger partial charge on any atom is -0.331 e. The fourth-order valence-corrected chi connectivity index (χ4v) is 3.43. The van der Waals surface area contributed by atoms with E-state index >= 15 is 0 Å². The third kappa shape index (κ3) is 3.16. The Morgan fingerprint density at radius 1 is 0.964 bits per heavy atom. The molecule has 1 N–H and O–H groups in total. The average molecular weight is 374 g/mol. The Labute approximate surface area is 161 Å². The van der Waals surface area contributed by atoms with Crippen LogP contribution in [0.4, 0.5) is 10.1 Å². The summed E-state index contributed by atoms with van der Waals surface area (Å²) in [4.78, 5) is 25.6. The van der Waals surface area contributed by atoms with Gasteiger partial charge in [0.2, 0.25) is 5.91 Å². The molecule has 4 aromatic rings. The highest BCUT2D eigenvalue weighted by Gasteiger charge is 2.13. The molecule has 1 aromatic heterocycles. The molecule has 0 fully saturated rings. The fraction of sp³-hybridized carbons (Fsp3) is 0.130. The maximum absolute atomic E-state index is 13.8. The van der Waals surface area contributed by atoms with Gasteiger partial charge in [0.05, 0.1) is 11.0 Å². The number of aromatic nitrogens is 1. The largest absolute Gasteiger partial charge is 0.331 e. The lowest BCUT2D eigenvalue weighted by molar-refractivity contribution is -0.116. The van der Waals surface area contributed by atoms with Crippen LogP contribution in [0.5, 0.6) is 0 Å². The van der Waals surface area contributed by atoms with Crippen molar-refractivity contribution in [3.05, 3.63) is 87.8 Å². The summed E-state index contributed by atoms with van der Waals surface area (Å²) in [6, 6.07) is 17.5. The molecule has 4 nitrogen and oxygen atoms in total. The van der Waals surface area contributed by atoms with Gasteiger partial charge in [0.25, 0.3) is 0 Å². The molecule has 0 saturated heterocycles. The Hall–Kier alpha value is -3.47. The van der Waals surface area contributed by atoms with Crippen LogP contribution < -0.4 is 10.7 Å². The van der Waals surface area contributed by atoms with Crippen LogP contribution in [0.2, 0.25) is 0 Å². The highest BCUT2D eigenvalue weighted by Crippen LogP contribution is 2.21. The predicted octanol–water partition coefficient (Wildman–Crippen LogP) is 4.55. The zero-order chi connectivity index (χ0) is 19.8. The van der Waals surface area contributed by atoms with E-state index in [9.17, 15) is 14.0 Å². The van der Waals surface area contributed by atoms with E-state index in [2.05, 4.69) is 5.32 Å². The number of anilines is 1. The molecule has 140 valence electrons. The number of rotatable bonds is 3. The van der Waals surface area contributed by atoms with Gasteiger partial charge >= 0.3 is 0 Å². The quantitative estimate of drug-likeness (QED) is 0.535. The molecule has 28 heavy (non-hydrogen) atoms. The van der Waals surface area contributed by atoms with Crippen molar-refractivity contribution in [2.24, 2.45) is 0 Å². The van der Waals surface area contributed by atoms with Gasteiger partial charge in [-0.2, -0.15) is 0 Å². The molecule has 0 aliphatic rings. The first-order valence-corrected chi connectivity index (χ1v) is 9.02. The Morgan fingerprint density at radius 3 is 2.50 bits per heavy atom. The Balaban J connectivity index is 1.80. The number of nitrogens with zero attached hydrogens (tertiary/aromatic N) is 1. The molecule has 5 heteroatoms. The molecule has 0 saturated carbocycles. The van der Waals surface area contributed by atoms with Gasteiger partial charge < -0.3 is 9.88 Å². The molecular formula is C23H19FN2O2. The molecule has 0 atom stereocenters. The number of aryl methyl sites for hydroxylation is 2.